The van der Waals surface area contributed by atoms with Crippen molar-refractivity contribution in [3.8, 4) is 5.75 Å². The zero-order valence-corrected chi connectivity index (χ0v) is 16.2. The molecule has 0 atom stereocenters. The second kappa shape index (κ2) is 7.15. The molecule has 1 amide bonds. The van der Waals surface area contributed by atoms with Crippen LogP contribution in [0.2, 0.25) is 0 Å². The van der Waals surface area contributed by atoms with E-state index in [0.717, 1.165) is 36.1 Å². The number of hydrogen-bond donors (Lipinski definition) is 1. The van der Waals surface area contributed by atoms with Gasteiger partial charge in [-0.05, 0) is 50.3 Å². The summed E-state index contributed by atoms with van der Waals surface area (Å²) in [6.45, 7) is 1.70. The molecule has 7 heteroatoms. The number of benzene rings is 1. The first-order valence-corrected chi connectivity index (χ1v) is 9.84. The summed E-state index contributed by atoms with van der Waals surface area (Å²) in [4.78, 5) is 32.4. The molecule has 1 aliphatic rings. The van der Waals surface area contributed by atoms with E-state index < -0.39 is 0 Å². The lowest BCUT2D eigenvalue weighted by Gasteiger charge is -2.13. The zero-order valence-electron chi connectivity index (χ0n) is 15.4. The van der Waals surface area contributed by atoms with Gasteiger partial charge in [0.15, 0.2) is 0 Å². The molecule has 1 aromatic carbocycles. The molecule has 27 heavy (non-hydrogen) atoms. The summed E-state index contributed by atoms with van der Waals surface area (Å²) in [5.41, 5.74) is 1.60. The van der Waals surface area contributed by atoms with Gasteiger partial charge in [0.2, 0.25) is 5.91 Å². The number of para-hydroxylation sites is 2. The van der Waals surface area contributed by atoms with Gasteiger partial charge in [0.25, 0.3) is 5.56 Å². The highest BCUT2D eigenvalue weighted by atomic mass is 32.1. The number of thiophene rings is 1. The number of hydrogen-bond acceptors (Lipinski definition) is 5. The fourth-order valence-electron chi connectivity index (χ4n) is 3.61. The maximum atomic E-state index is 13.1. The number of rotatable bonds is 4. The van der Waals surface area contributed by atoms with E-state index in [4.69, 9.17) is 4.74 Å². The summed E-state index contributed by atoms with van der Waals surface area (Å²) in [5, 5.41) is 3.52. The predicted octanol–water partition coefficient (Wildman–Crippen LogP) is 3.29. The maximum absolute atomic E-state index is 13.1. The van der Waals surface area contributed by atoms with Crippen LogP contribution < -0.4 is 15.6 Å². The quantitative estimate of drug-likeness (QED) is 0.750. The number of amides is 1. The lowest BCUT2D eigenvalue weighted by molar-refractivity contribution is -0.116. The molecule has 140 valence electrons. The fourth-order valence-corrected chi connectivity index (χ4v) is 4.90. The normalized spacial score (nSPS) is 13.4. The Kier molecular flexibility index (Phi) is 4.70. The van der Waals surface area contributed by atoms with Crippen LogP contribution in [0.25, 0.3) is 10.2 Å². The first-order valence-electron chi connectivity index (χ1n) is 9.03. The number of methoxy groups -OCH3 is 1. The van der Waals surface area contributed by atoms with Gasteiger partial charge in [-0.25, -0.2) is 4.98 Å². The van der Waals surface area contributed by atoms with Crippen molar-refractivity contribution < 1.29 is 9.53 Å². The van der Waals surface area contributed by atoms with Gasteiger partial charge in [0.1, 0.15) is 22.9 Å². The van der Waals surface area contributed by atoms with Gasteiger partial charge in [-0.2, -0.15) is 0 Å². The van der Waals surface area contributed by atoms with Gasteiger partial charge < -0.3 is 10.1 Å². The molecule has 3 aromatic rings. The number of aryl methyl sites for hydroxylation is 3. The number of fused-ring (bicyclic) bond motifs is 3. The topological polar surface area (TPSA) is 73.2 Å². The van der Waals surface area contributed by atoms with Crippen LogP contribution in [0.15, 0.2) is 29.1 Å². The van der Waals surface area contributed by atoms with Gasteiger partial charge in [0.05, 0.1) is 18.2 Å². The summed E-state index contributed by atoms with van der Waals surface area (Å²) in [5.74, 6) is 0.853. The molecular formula is C20H21N3O3S. The number of carbonyl (C=O) groups excluding carboxylic acids is 1. The number of ether oxygens (including phenoxy) is 1. The fraction of sp³-hybridized carbons (Fsp3) is 0.350. The van der Waals surface area contributed by atoms with Gasteiger partial charge in [0, 0.05) is 4.88 Å². The smallest absolute Gasteiger partial charge is 0.263 e. The molecule has 0 aliphatic heterocycles. The van der Waals surface area contributed by atoms with Crippen LogP contribution in [0.3, 0.4) is 0 Å². The van der Waals surface area contributed by atoms with E-state index in [0.29, 0.717) is 22.6 Å². The van der Waals surface area contributed by atoms with Gasteiger partial charge >= 0.3 is 0 Å². The minimum absolute atomic E-state index is 0.0731. The Labute approximate surface area is 160 Å². The standard InChI is InChI=1S/C20H21N3O3S/c1-12-21-19-18(13-7-3-6-10-16(13)27-19)20(25)23(12)11-17(24)22-14-8-4-5-9-15(14)26-2/h4-5,8-9H,3,6-7,10-11H2,1-2H3,(H,22,24). The Morgan fingerprint density at radius 2 is 2.07 bits per heavy atom. The van der Waals surface area contributed by atoms with Gasteiger partial charge in [-0.15, -0.1) is 11.3 Å². The molecule has 0 spiro atoms. The van der Waals surface area contributed by atoms with Crippen LogP contribution in [0.5, 0.6) is 5.75 Å². The van der Waals surface area contributed by atoms with Crippen LogP contribution in [0.4, 0.5) is 5.69 Å². The molecule has 2 heterocycles. The highest BCUT2D eigenvalue weighted by molar-refractivity contribution is 7.18. The van der Waals surface area contributed by atoms with Crippen LogP contribution in [-0.2, 0) is 24.2 Å². The average Bonchev–Trinajstić information content (AvgIpc) is 3.03. The first kappa shape index (κ1) is 17.7. The highest BCUT2D eigenvalue weighted by Gasteiger charge is 2.22. The van der Waals surface area contributed by atoms with Crippen molar-refractivity contribution in [1.82, 2.24) is 9.55 Å². The summed E-state index contributed by atoms with van der Waals surface area (Å²) in [7, 11) is 1.55. The van der Waals surface area contributed by atoms with Crippen molar-refractivity contribution in [2.24, 2.45) is 0 Å². The Hall–Kier alpha value is -2.67. The minimum Gasteiger partial charge on any atom is -0.495 e. The van der Waals surface area contributed by atoms with E-state index in [1.54, 1.807) is 37.5 Å². The number of carbonyl (C=O) groups is 1. The molecule has 6 nitrogen and oxygen atoms in total. The highest BCUT2D eigenvalue weighted by Crippen LogP contribution is 2.33. The predicted molar refractivity (Wildman–Crippen MR) is 107 cm³/mol. The molecular weight excluding hydrogens is 362 g/mol. The van der Waals surface area contributed by atoms with Crippen LogP contribution in [0, 0.1) is 6.92 Å². The van der Waals surface area contributed by atoms with E-state index in [1.165, 1.54) is 9.44 Å². The molecule has 1 N–H and O–H groups in total. The van der Waals surface area contributed by atoms with Crippen LogP contribution in [0.1, 0.15) is 29.1 Å². The largest absolute Gasteiger partial charge is 0.495 e. The third-order valence-corrected chi connectivity index (χ3v) is 6.13. The van der Waals surface area contributed by atoms with Gasteiger partial charge in [-0.1, -0.05) is 12.1 Å². The van der Waals surface area contributed by atoms with Crippen molar-refractivity contribution in [1.29, 1.82) is 0 Å². The summed E-state index contributed by atoms with van der Waals surface area (Å²) >= 11 is 1.62. The lowest BCUT2D eigenvalue weighted by Crippen LogP contribution is -2.30. The molecule has 2 aromatic heterocycles. The SMILES string of the molecule is COc1ccccc1NC(=O)Cn1c(C)nc2sc3c(c2c1=O)CCCC3. The monoisotopic (exact) mass is 383 g/mol. The molecule has 0 saturated carbocycles. The summed E-state index contributed by atoms with van der Waals surface area (Å²) in [6, 6.07) is 7.20. The number of nitrogens with zero attached hydrogens (tertiary/aromatic N) is 2. The Balaban J connectivity index is 1.67. The molecule has 0 bridgehead atoms. The Morgan fingerprint density at radius 1 is 1.30 bits per heavy atom. The minimum atomic E-state index is -0.282. The first-order chi connectivity index (χ1) is 13.1. The van der Waals surface area contributed by atoms with E-state index in [2.05, 4.69) is 10.3 Å². The second-order valence-corrected chi connectivity index (χ2v) is 7.77. The van der Waals surface area contributed by atoms with Crippen molar-refractivity contribution in [3.63, 3.8) is 0 Å². The maximum Gasteiger partial charge on any atom is 0.263 e. The van der Waals surface area contributed by atoms with Crippen LogP contribution >= 0.6 is 11.3 Å². The lowest BCUT2D eigenvalue weighted by atomic mass is 9.97. The zero-order chi connectivity index (χ0) is 19.0. The number of nitrogens with one attached hydrogen (secondary N) is 1. The molecule has 0 radical (unpaired) electrons. The van der Waals surface area contributed by atoms with Gasteiger partial charge in [-0.3, -0.25) is 14.2 Å². The number of anilines is 1. The number of aromatic nitrogens is 2. The summed E-state index contributed by atoms with van der Waals surface area (Å²) in [6.07, 6.45) is 4.20. The van der Waals surface area contributed by atoms with Crippen molar-refractivity contribution in [3.05, 3.63) is 50.9 Å². The molecule has 0 saturated heterocycles. The Morgan fingerprint density at radius 3 is 2.89 bits per heavy atom. The molecule has 0 fully saturated rings. The molecule has 0 unspecified atom stereocenters. The van der Waals surface area contributed by atoms with E-state index in [9.17, 15) is 9.59 Å². The molecule has 1 aliphatic carbocycles. The third-order valence-electron chi connectivity index (χ3n) is 4.95. The Bertz CT molecular complexity index is 1080. The second-order valence-electron chi connectivity index (χ2n) is 6.69. The van der Waals surface area contributed by atoms with E-state index >= 15 is 0 Å². The van der Waals surface area contributed by atoms with E-state index in [1.807, 2.05) is 12.1 Å². The third kappa shape index (κ3) is 3.23. The summed E-state index contributed by atoms with van der Waals surface area (Å²) < 4.78 is 6.73. The van der Waals surface area contributed by atoms with Crippen molar-refractivity contribution in [2.75, 3.05) is 12.4 Å². The van der Waals surface area contributed by atoms with E-state index in [-0.39, 0.29) is 18.0 Å². The van der Waals surface area contributed by atoms with Crippen molar-refractivity contribution in [2.45, 2.75) is 39.2 Å². The average molecular weight is 383 g/mol. The van der Waals surface area contributed by atoms with Crippen molar-refractivity contribution >= 4 is 33.1 Å². The molecule has 4 rings (SSSR count). The van der Waals surface area contributed by atoms with Crippen LogP contribution in [-0.4, -0.2) is 22.6 Å².